The molecular formula is C57H63Cl2F3N10O6. The number of esters is 2. The molecule has 0 bridgehead atoms. The Morgan fingerprint density at radius 2 is 1.14 bits per heavy atom. The van der Waals surface area contributed by atoms with E-state index in [4.69, 9.17) is 33.1 Å². The number of aromatic nitrogens is 6. The van der Waals surface area contributed by atoms with Crippen molar-refractivity contribution in [3.8, 4) is 22.5 Å². The van der Waals surface area contributed by atoms with Crippen LogP contribution in [0.25, 0.3) is 33.7 Å². The Bertz CT molecular complexity index is 3140. The minimum atomic E-state index is -5.08. The highest BCUT2D eigenvalue weighted by Crippen LogP contribution is 2.41. The second-order valence-electron chi connectivity index (χ2n) is 18.8. The highest BCUT2D eigenvalue weighted by molar-refractivity contribution is 6.30. The Hall–Kier alpha value is -7.35. The van der Waals surface area contributed by atoms with E-state index >= 15 is 0 Å². The Morgan fingerprint density at radius 3 is 1.53 bits per heavy atom. The van der Waals surface area contributed by atoms with Gasteiger partial charge in [0.25, 0.3) is 0 Å². The standard InChI is InChI=1S/C26H28ClN5O.C23H24ClN5.C6H10O3.C2HF3O2/c1-3-25(33)31-13-10-18(11-14-31)19-4-9-22-23(16-19)24(28-21-7-5-20(27)6-8-21)12-15-32-26(22)17(2)29-30-32;1-15-23-20-7-2-17(16-8-11-25-12-9-16)14-21(20)22(10-13-29(23)28-27-15)26-19-5-3-18(24)4-6-19;1-3-5(7)9-6(8)4-2;3-2(4,5)1(6)7/h4-10,16,24,28H,3,11-15H2,1-2H3;2-8,14,22,25-26H,9-13H2,1H3;3-4H2,1-2H3;(H,6,7). The molecule has 4 aliphatic rings. The summed E-state index contributed by atoms with van der Waals surface area (Å²) in [6.45, 7) is 14.3. The summed E-state index contributed by atoms with van der Waals surface area (Å²) in [6.07, 6.45) is 4.26. The molecule has 6 aromatic rings. The molecule has 0 saturated carbocycles. The molecule has 0 saturated heterocycles. The lowest BCUT2D eigenvalue weighted by Crippen LogP contribution is -2.34. The van der Waals surface area contributed by atoms with E-state index in [0.29, 0.717) is 13.0 Å². The van der Waals surface area contributed by atoms with Gasteiger partial charge in [0.2, 0.25) is 5.91 Å². The van der Waals surface area contributed by atoms with Crippen molar-refractivity contribution in [1.29, 1.82) is 0 Å². The van der Waals surface area contributed by atoms with Crippen molar-refractivity contribution in [2.45, 2.75) is 111 Å². The average molecular weight is 1110 g/mol. The number of halogens is 5. The van der Waals surface area contributed by atoms with Gasteiger partial charge in [0, 0.05) is 84.5 Å². The molecule has 4 N–H and O–H groups in total. The van der Waals surface area contributed by atoms with Crippen LogP contribution in [0.3, 0.4) is 0 Å². The number of benzene rings is 4. The molecular weight excluding hydrogens is 1050 g/mol. The van der Waals surface area contributed by atoms with Crippen molar-refractivity contribution >= 4 is 69.5 Å². The lowest BCUT2D eigenvalue weighted by molar-refractivity contribution is -0.192. The number of ether oxygens (including phenoxy) is 1. The number of fused-ring (bicyclic) bond motifs is 6. The number of amides is 1. The van der Waals surface area contributed by atoms with E-state index in [1.165, 1.54) is 44.5 Å². The molecule has 10 rings (SSSR count). The lowest BCUT2D eigenvalue weighted by atomic mass is 9.90. The van der Waals surface area contributed by atoms with Crippen molar-refractivity contribution in [3.05, 3.63) is 141 Å². The van der Waals surface area contributed by atoms with Crippen LogP contribution in [-0.4, -0.2) is 96.2 Å². The fraction of sp³-hybridized carbons (Fsp3) is 0.368. The molecule has 4 aromatic carbocycles. The van der Waals surface area contributed by atoms with Gasteiger partial charge < -0.3 is 30.7 Å². The van der Waals surface area contributed by atoms with Gasteiger partial charge in [-0.1, -0.05) is 90.8 Å². The first-order valence-corrected chi connectivity index (χ1v) is 26.7. The van der Waals surface area contributed by atoms with Gasteiger partial charge in [0.15, 0.2) is 0 Å². The van der Waals surface area contributed by atoms with E-state index in [9.17, 15) is 27.6 Å². The molecule has 0 fully saturated rings. The summed E-state index contributed by atoms with van der Waals surface area (Å²) in [4.78, 5) is 43.6. The summed E-state index contributed by atoms with van der Waals surface area (Å²) in [5.74, 6) is -3.45. The number of rotatable bonds is 9. The molecule has 412 valence electrons. The summed E-state index contributed by atoms with van der Waals surface area (Å²) in [5.41, 5.74) is 16.5. The fourth-order valence-corrected chi connectivity index (χ4v) is 9.71. The van der Waals surface area contributed by atoms with Gasteiger partial charge >= 0.3 is 24.1 Å². The van der Waals surface area contributed by atoms with E-state index in [1.807, 2.05) is 83.6 Å². The van der Waals surface area contributed by atoms with Crippen molar-refractivity contribution in [2.75, 3.05) is 36.8 Å². The van der Waals surface area contributed by atoms with Crippen molar-refractivity contribution in [1.82, 2.24) is 40.2 Å². The molecule has 1 amide bonds. The number of carboxylic acid groups (broad SMARTS) is 1. The average Bonchev–Trinajstić information content (AvgIpc) is 3.92. The molecule has 2 atom stereocenters. The van der Waals surface area contributed by atoms with Gasteiger partial charge in [-0.05, 0) is 140 Å². The van der Waals surface area contributed by atoms with Crippen LogP contribution < -0.4 is 16.0 Å². The topological polar surface area (TPSA) is 198 Å². The van der Waals surface area contributed by atoms with Gasteiger partial charge in [-0.2, -0.15) is 13.2 Å². The minimum absolute atomic E-state index is 0.129. The third-order valence-electron chi connectivity index (χ3n) is 13.5. The molecule has 78 heavy (non-hydrogen) atoms. The van der Waals surface area contributed by atoms with Gasteiger partial charge in [0.1, 0.15) is 0 Å². The van der Waals surface area contributed by atoms with Gasteiger partial charge in [-0.25, -0.2) is 14.2 Å². The van der Waals surface area contributed by atoms with E-state index in [1.54, 1.807) is 13.8 Å². The highest BCUT2D eigenvalue weighted by atomic mass is 35.5. The smallest absolute Gasteiger partial charge is 0.475 e. The summed E-state index contributed by atoms with van der Waals surface area (Å²) in [6, 6.07) is 29.7. The Morgan fingerprint density at radius 1 is 0.679 bits per heavy atom. The Balaban J connectivity index is 0.000000178. The van der Waals surface area contributed by atoms with Crippen molar-refractivity contribution in [3.63, 3.8) is 0 Å². The molecule has 4 aliphatic heterocycles. The van der Waals surface area contributed by atoms with Crippen LogP contribution in [0.1, 0.15) is 111 Å². The summed E-state index contributed by atoms with van der Waals surface area (Å²) >= 11 is 12.2. The fourth-order valence-electron chi connectivity index (χ4n) is 9.46. The van der Waals surface area contributed by atoms with E-state index in [-0.39, 0.29) is 30.8 Å². The quantitative estimate of drug-likeness (QED) is 0.0788. The van der Waals surface area contributed by atoms with Crippen molar-refractivity contribution < 1.29 is 42.2 Å². The Labute approximate surface area is 461 Å². The second kappa shape index (κ2) is 26.8. The van der Waals surface area contributed by atoms with Gasteiger partial charge in [-0.3, -0.25) is 14.4 Å². The number of nitrogens with zero attached hydrogens (tertiary/aromatic N) is 7. The predicted molar refractivity (Wildman–Crippen MR) is 296 cm³/mol. The number of anilines is 2. The Kier molecular flexibility index (Phi) is 20.1. The lowest BCUT2D eigenvalue weighted by Gasteiger charge is -2.27. The van der Waals surface area contributed by atoms with E-state index in [2.05, 4.69) is 89.9 Å². The number of hydrogen-bond acceptors (Lipinski definition) is 12. The van der Waals surface area contributed by atoms with E-state index < -0.39 is 24.1 Å². The number of aliphatic carboxylic acids is 1. The molecule has 2 unspecified atom stereocenters. The van der Waals surface area contributed by atoms with Crippen LogP contribution >= 0.6 is 23.2 Å². The monoisotopic (exact) mass is 1110 g/mol. The number of aryl methyl sites for hydroxylation is 4. The minimum Gasteiger partial charge on any atom is -0.475 e. The zero-order valence-corrected chi connectivity index (χ0v) is 45.6. The largest absolute Gasteiger partial charge is 0.490 e. The predicted octanol–water partition coefficient (Wildman–Crippen LogP) is 11.8. The number of carbonyl (C=O) groups excluding carboxylic acids is 3. The molecule has 0 aliphatic carbocycles. The number of carboxylic acids is 1. The molecule has 0 spiro atoms. The summed E-state index contributed by atoms with van der Waals surface area (Å²) in [5, 5.41) is 36.9. The summed E-state index contributed by atoms with van der Waals surface area (Å²) in [7, 11) is 0. The molecule has 16 nitrogen and oxygen atoms in total. The van der Waals surface area contributed by atoms with Gasteiger partial charge in [0.05, 0.1) is 34.9 Å². The molecule has 0 radical (unpaired) electrons. The van der Waals surface area contributed by atoms with Crippen LogP contribution in [0, 0.1) is 13.8 Å². The first kappa shape index (κ1) is 58.3. The maximum Gasteiger partial charge on any atom is 0.490 e. The maximum atomic E-state index is 12.1. The number of alkyl halides is 3. The zero-order valence-electron chi connectivity index (χ0n) is 44.1. The van der Waals surface area contributed by atoms with Crippen LogP contribution in [-0.2, 0) is 37.0 Å². The van der Waals surface area contributed by atoms with Gasteiger partial charge in [-0.15, -0.1) is 10.2 Å². The SMILES string of the molecule is CCC(=O)N1CC=C(c2ccc3c(c2)C(Nc2ccc(Cl)cc2)CCn2nnc(C)c2-3)CC1.CCC(=O)OC(=O)CC.Cc1nnn2c1-c1ccc(C3=CCNCC3)cc1C(Nc1ccc(Cl)cc1)CC2.O=C(O)C(F)(F)F. The third kappa shape index (κ3) is 15.0. The van der Waals surface area contributed by atoms with Crippen molar-refractivity contribution in [2.24, 2.45) is 0 Å². The van der Waals surface area contributed by atoms with Crippen LogP contribution in [0.5, 0.6) is 0 Å². The zero-order chi connectivity index (χ0) is 56.1. The second-order valence-corrected chi connectivity index (χ2v) is 19.7. The number of nitrogens with one attached hydrogen (secondary N) is 3. The normalized spacial score (nSPS) is 16.3. The van der Waals surface area contributed by atoms with Crippen LogP contribution in [0.4, 0.5) is 24.5 Å². The van der Waals surface area contributed by atoms with Crippen LogP contribution in [0.15, 0.2) is 97.1 Å². The third-order valence-corrected chi connectivity index (χ3v) is 14.0. The highest BCUT2D eigenvalue weighted by Gasteiger charge is 2.38. The molecule has 2 aromatic heterocycles. The number of carbonyl (C=O) groups is 4. The maximum absolute atomic E-state index is 12.1. The first-order chi connectivity index (χ1) is 37.4. The van der Waals surface area contributed by atoms with E-state index in [0.717, 1.165) is 103 Å². The van der Waals surface area contributed by atoms with Crippen LogP contribution in [0.2, 0.25) is 10.0 Å². The first-order valence-electron chi connectivity index (χ1n) is 25.9. The number of hydrogen-bond donors (Lipinski definition) is 4. The summed E-state index contributed by atoms with van der Waals surface area (Å²) < 4.78 is 40.1. The molecule has 21 heteroatoms. The molecule has 6 heterocycles.